The average Bonchev–Trinajstić information content (AvgIpc) is 1.41. The summed E-state index contributed by atoms with van der Waals surface area (Å²) < 4.78 is 0. The van der Waals surface area contributed by atoms with Crippen LogP contribution in [0.2, 0.25) is 58.9 Å². The van der Waals surface area contributed by atoms with Gasteiger partial charge in [0.15, 0.2) is 25.0 Å². The molecule has 0 heterocycles. The van der Waals surface area contributed by atoms with Gasteiger partial charge in [-0.05, 0) is 58.9 Å². The van der Waals surface area contributed by atoms with E-state index in [4.69, 9.17) is 14.4 Å². The fraction of sp³-hybridized carbons (Fsp3) is 1.00. The smallest absolute Gasteiger partial charge is 0.179 e. The predicted molar refractivity (Wildman–Crippen MR) is 80.3 cm³/mol. The average molecular weight is 336 g/mol. The summed E-state index contributed by atoms with van der Waals surface area (Å²) in [6.07, 6.45) is 0. The molecule has 0 saturated heterocycles. The quantitative estimate of drug-likeness (QED) is 0.587. The number of hydrogen-bond donors (Lipinski definition) is 3. The Labute approximate surface area is 125 Å². The molecule has 0 aliphatic carbocycles. The summed E-state index contributed by atoms with van der Waals surface area (Å²) in [5.41, 5.74) is 0. The fourth-order valence-corrected chi connectivity index (χ4v) is 0. The zero-order chi connectivity index (χ0) is 13.5. The van der Waals surface area contributed by atoms with Crippen LogP contribution in [0.4, 0.5) is 0 Å². The zero-order valence-electron chi connectivity index (χ0n) is 12.8. The minimum atomic E-state index is -1.61. The first kappa shape index (κ1) is 30.9. The first-order valence-corrected chi connectivity index (χ1v) is 15.5. The van der Waals surface area contributed by atoms with E-state index in [-0.39, 0.29) is 27.2 Å². The van der Waals surface area contributed by atoms with E-state index in [0.29, 0.717) is 0 Å². The van der Waals surface area contributed by atoms with Crippen molar-refractivity contribution in [3.63, 3.8) is 0 Å². The molecule has 0 aromatic carbocycles. The molecular formula is C9H32O4Si3Ti. The second-order valence-corrected chi connectivity index (χ2v) is 19.5. The van der Waals surface area contributed by atoms with E-state index in [1.807, 2.05) is 58.9 Å². The van der Waals surface area contributed by atoms with Gasteiger partial charge in [0.2, 0.25) is 0 Å². The Hall–Kier alpha value is 1.20. The summed E-state index contributed by atoms with van der Waals surface area (Å²) >= 11 is 0. The van der Waals surface area contributed by atoms with Crippen LogP contribution in [0.3, 0.4) is 0 Å². The monoisotopic (exact) mass is 336 g/mol. The van der Waals surface area contributed by atoms with Crippen LogP contribution in [0.1, 0.15) is 0 Å². The van der Waals surface area contributed by atoms with E-state index in [1.165, 1.54) is 0 Å². The molecule has 4 nitrogen and oxygen atoms in total. The Morgan fingerprint density at radius 2 is 0.471 bits per heavy atom. The van der Waals surface area contributed by atoms with Gasteiger partial charge in [0.1, 0.15) is 0 Å². The predicted octanol–water partition coefficient (Wildman–Crippen LogP) is 1.61. The topological polar surface area (TPSA) is 92.2 Å². The van der Waals surface area contributed by atoms with Gasteiger partial charge in [-0.2, -0.15) is 0 Å². The van der Waals surface area contributed by atoms with E-state index in [1.54, 1.807) is 0 Å². The molecule has 0 spiro atoms. The molecule has 0 rings (SSSR count). The first-order valence-electron chi connectivity index (χ1n) is 5.17. The minimum Gasteiger partial charge on any atom is -0.433 e. The van der Waals surface area contributed by atoms with Crippen LogP contribution in [-0.4, -0.2) is 44.8 Å². The molecule has 0 bridgehead atoms. The second kappa shape index (κ2) is 12.2. The van der Waals surface area contributed by atoms with E-state index in [0.717, 1.165) is 0 Å². The molecule has 108 valence electrons. The molecule has 0 aromatic rings. The van der Waals surface area contributed by atoms with E-state index < -0.39 is 25.0 Å². The Morgan fingerprint density at radius 3 is 0.471 bits per heavy atom. The first-order chi connectivity index (χ1) is 6.00. The van der Waals surface area contributed by atoms with Gasteiger partial charge in [-0.1, -0.05) is 0 Å². The molecule has 8 heteroatoms. The Kier molecular flexibility index (Phi) is 22.3. The van der Waals surface area contributed by atoms with Gasteiger partial charge in [-0.3, -0.25) is 0 Å². The molecule has 0 fully saturated rings. The van der Waals surface area contributed by atoms with Crippen molar-refractivity contribution in [2.75, 3.05) is 0 Å². The standard InChI is InChI=1S/3C3H10OSi.H2O.Ti/c3*1-5(2,3)4;;/h3*4H,1-3H3;1H2;. The fourth-order valence-electron chi connectivity index (χ4n) is 0. The van der Waals surface area contributed by atoms with Crippen molar-refractivity contribution in [1.82, 2.24) is 0 Å². The molecule has 0 aromatic heterocycles. The second-order valence-electron chi connectivity index (χ2n) is 6.51. The minimum absolute atomic E-state index is 0. The van der Waals surface area contributed by atoms with Gasteiger partial charge < -0.3 is 19.9 Å². The van der Waals surface area contributed by atoms with Crippen molar-refractivity contribution < 1.29 is 41.6 Å². The Bertz CT molecular complexity index is 103. The summed E-state index contributed by atoms with van der Waals surface area (Å²) in [6, 6.07) is 0. The summed E-state index contributed by atoms with van der Waals surface area (Å²) in [7, 11) is -4.83. The van der Waals surface area contributed by atoms with Crippen LogP contribution in [0, 0.1) is 0 Å². The Balaban J connectivity index is -0.0000000400. The Morgan fingerprint density at radius 1 is 0.471 bits per heavy atom. The van der Waals surface area contributed by atoms with Crippen molar-refractivity contribution >= 4 is 25.0 Å². The molecule has 5 N–H and O–H groups in total. The van der Waals surface area contributed by atoms with Gasteiger partial charge in [0.25, 0.3) is 0 Å². The third kappa shape index (κ3) is 2740. The van der Waals surface area contributed by atoms with Crippen LogP contribution >= 0.6 is 0 Å². The van der Waals surface area contributed by atoms with Crippen molar-refractivity contribution in [2.45, 2.75) is 58.9 Å². The maximum absolute atomic E-state index is 8.66. The molecule has 0 aliphatic rings. The maximum atomic E-state index is 8.66. The summed E-state index contributed by atoms with van der Waals surface area (Å²) in [5.74, 6) is 0. The summed E-state index contributed by atoms with van der Waals surface area (Å²) in [5, 5.41) is 0. The molecule has 0 atom stereocenters. The normalized spacial score (nSPS) is 10.6. The molecular weight excluding hydrogens is 304 g/mol. The van der Waals surface area contributed by atoms with Crippen molar-refractivity contribution in [3.05, 3.63) is 0 Å². The number of rotatable bonds is 0. The zero-order valence-corrected chi connectivity index (χ0v) is 17.4. The maximum Gasteiger partial charge on any atom is 0.179 e. The molecule has 0 unspecified atom stereocenters. The van der Waals surface area contributed by atoms with Crippen molar-refractivity contribution in [2.24, 2.45) is 0 Å². The van der Waals surface area contributed by atoms with Gasteiger partial charge >= 0.3 is 0 Å². The van der Waals surface area contributed by atoms with Crippen LogP contribution in [0.25, 0.3) is 0 Å². The van der Waals surface area contributed by atoms with Crippen molar-refractivity contribution in [3.8, 4) is 0 Å². The summed E-state index contributed by atoms with van der Waals surface area (Å²) in [6.45, 7) is 16.9. The largest absolute Gasteiger partial charge is 0.433 e. The van der Waals surface area contributed by atoms with Crippen LogP contribution in [0.5, 0.6) is 0 Å². The van der Waals surface area contributed by atoms with E-state index in [2.05, 4.69) is 0 Å². The van der Waals surface area contributed by atoms with Crippen LogP contribution < -0.4 is 0 Å². The molecule has 0 aliphatic heterocycles. The third-order valence-corrected chi connectivity index (χ3v) is 0. The molecule has 17 heavy (non-hydrogen) atoms. The van der Waals surface area contributed by atoms with Gasteiger partial charge in [0.05, 0.1) is 0 Å². The van der Waals surface area contributed by atoms with Crippen LogP contribution in [0.15, 0.2) is 0 Å². The summed E-state index contributed by atoms with van der Waals surface area (Å²) in [4.78, 5) is 26.0. The molecule has 0 saturated carbocycles. The van der Waals surface area contributed by atoms with Crippen molar-refractivity contribution in [1.29, 1.82) is 0 Å². The third-order valence-electron chi connectivity index (χ3n) is 0. The van der Waals surface area contributed by atoms with Gasteiger partial charge in [0, 0.05) is 21.7 Å². The molecule has 0 amide bonds. The van der Waals surface area contributed by atoms with Gasteiger partial charge in [-0.25, -0.2) is 0 Å². The number of hydrogen-bond acceptors (Lipinski definition) is 3. The van der Waals surface area contributed by atoms with E-state index >= 15 is 0 Å². The SMILES string of the molecule is C[Si](C)(C)O.C[Si](C)(C)O.C[Si](C)(C)O.O.[Ti]. The van der Waals surface area contributed by atoms with Crippen LogP contribution in [-0.2, 0) is 21.7 Å². The molecule has 0 radical (unpaired) electrons. The van der Waals surface area contributed by atoms with E-state index in [9.17, 15) is 0 Å². The van der Waals surface area contributed by atoms with Gasteiger partial charge in [-0.15, -0.1) is 0 Å².